The fourth-order valence-electron chi connectivity index (χ4n) is 4.67. The van der Waals surface area contributed by atoms with E-state index in [0.29, 0.717) is 35.4 Å². The van der Waals surface area contributed by atoms with Crippen LogP contribution in [-0.2, 0) is 11.2 Å². The van der Waals surface area contributed by atoms with Gasteiger partial charge in [0.15, 0.2) is 0 Å². The highest BCUT2D eigenvalue weighted by Gasteiger charge is 2.33. The van der Waals surface area contributed by atoms with E-state index in [1.54, 1.807) is 26.4 Å². The molecule has 32 heavy (non-hydrogen) atoms. The molecule has 2 aromatic rings. The lowest BCUT2D eigenvalue weighted by molar-refractivity contribution is -0.143. The number of fused-ring (bicyclic) bond motifs is 1. The molecule has 2 aliphatic rings. The summed E-state index contributed by atoms with van der Waals surface area (Å²) in [6.45, 7) is 1.56. The maximum absolute atomic E-state index is 12.8. The van der Waals surface area contributed by atoms with Crippen molar-refractivity contribution in [3.8, 4) is 5.88 Å². The second-order valence-corrected chi connectivity index (χ2v) is 9.27. The highest BCUT2D eigenvalue weighted by atomic mass is 19.4. The maximum Gasteiger partial charge on any atom is 0.389 e. The molecule has 0 aromatic carbocycles. The first-order valence-corrected chi connectivity index (χ1v) is 11.3. The number of rotatable bonds is 7. The molecule has 6 nitrogen and oxygen atoms in total. The van der Waals surface area contributed by atoms with E-state index in [9.17, 15) is 18.3 Å². The highest BCUT2D eigenvalue weighted by molar-refractivity contribution is 5.85. The third kappa shape index (κ3) is 5.49. The Morgan fingerprint density at radius 3 is 2.47 bits per heavy atom. The Bertz CT molecular complexity index is 926. The predicted molar refractivity (Wildman–Crippen MR) is 113 cm³/mol. The van der Waals surface area contributed by atoms with Crippen LogP contribution < -0.4 is 4.74 Å². The Balaban J connectivity index is 1.62. The number of hydrogen-bond acceptors (Lipinski definition) is 6. The smallest absolute Gasteiger partial charge is 0.389 e. The molecule has 2 heterocycles. The van der Waals surface area contributed by atoms with Gasteiger partial charge < -0.3 is 14.6 Å². The lowest BCUT2D eigenvalue weighted by atomic mass is 9.82. The Morgan fingerprint density at radius 2 is 1.81 bits per heavy atom. The zero-order valence-corrected chi connectivity index (χ0v) is 18.4. The van der Waals surface area contributed by atoms with Gasteiger partial charge in [0.05, 0.1) is 23.1 Å². The van der Waals surface area contributed by atoms with E-state index in [0.717, 1.165) is 31.2 Å². The predicted octanol–water partition coefficient (Wildman–Crippen LogP) is 4.73. The molecule has 0 unspecified atom stereocenters. The molecule has 0 radical (unpaired) electrons. The van der Waals surface area contributed by atoms with Crippen molar-refractivity contribution in [1.82, 2.24) is 15.0 Å². The number of aliphatic hydroxyl groups is 1. The van der Waals surface area contributed by atoms with Crippen LogP contribution in [0.2, 0.25) is 0 Å². The Hall–Kier alpha value is -2.00. The SMILES string of the molecule is COC1CC(Oc2ncc(C3CCC(O)CC3)c3nc(C[C@@H](C)CC(F)(F)F)ncc23)C1. The van der Waals surface area contributed by atoms with Crippen LogP contribution in [0, 0.1) is 5.92 Å². The van der Waals surface area contributed by atoms with Crippen molar-refractivity contribution in [3.63, 3.8) is 0 Å². The van der Waals surface area contributed by atoms with E-state index in [1.165, 1.54) is 0 Å². The number of alkyl halides is 3. The van der Waals surface area contributed by atoms with Gasteiger partial charge in [-0.2, -0.15) is 13.2 Å². The second-order valence-electron chi connectivity index (χ2n) is 9.27. The summed E-state index contributed by atoms with van der Waals surface area (Å²) in [5, 5.41) is 10.6. The third-order valence-electron chi connectivity index (χ3n) is 6.57. The number of ether oxygens (including phenoxy) is 2. The molecule has 9 heteroatoms. The van der Waals surface area contributed by atoms with Crippen LogP contribution >= 0.6 is 0 Å². The Kier molecular flexibility index (Phi) is 6.86. The number of aromatic nitrogens is 3. The number of hydrogen-bond donors (Lipinski definition) is 1. The second kappa shape index (κ2) is 9.47. The van der Waals surface area contributed by atoms with Gasteiger partial charge in [0, 0.05) is 50.8 Å². The lowest BCUT2D eigenvalue weighted by Gasteiger charge is -2.34. The maximum atomic E-state index is 12.8. The van der Waals surface area contributed by atoms with Crippen LogP contribution in [-0.4, -0.2) is 51.7 Å². The van der Waals surface area contributed by atoms with Gasteiger partial charge in [-0.05, 0) is 37.5 Å². The fraction of sp³-hybridized carbons (Fsp3) is 0.696. The summed E-state index contributed by atoms with van der Waals surface area (Å²) >= 11 is 0. The first kappa shape index (κ1) is 23.2. The van der Waals surface area contributed by atoms with Gasteiger partial charge >= 0.3 is 6.18 Å². The van der Waals surface area contributed by atoms with Gasteiger partial charge in [-0.25, -0.2) is 15.0 Å². The molecule has 176 valence electrons. The summed E-state index contributed by atoms with van der Waals surface area (Å²) in [5.41, 5.74) is 1.65. The first-order valence-electron chi connectivity index (χ1n) is 11.3. The van der Waals surface area contributed by atoms with E-state index < -0.39 is 18.5 Å². The first-order chi connectivity index (χ1) is 15.2. The van der Waals surface area contributed by atoms with E-state index in [2.05, 4.69) is 9.97 Å². The topological polar surface area (TPSA) is 77.4 Å². The molecule has 0 saturated heterocycles. The van der Waals surface area contributed by atoms with Crippen LogP contribution in [0.4, 0.5) is 13.2 Å². The summed E-state index contributed by atoms with van der Waals surface area (Å²) in [6, 6.07) is 0. The minimum absolute atomic E-state index is 0.0119. The number of nitrogens with zero attached hydrogens (tertiary/aromatic N) is 3. The largest absolute Gasteiger partial charge is 0.474 e. The molecule has 1 N–H and O–H groups in total. The van der Waals surface area contributed by atoms with Crippen molar-refractivity contribution in [2.45, 2.75) is 88.7 Å². The molecule has 2 aliphatic carbocycles. The van der Waals surface area contributed by atoms with Crippen molar-refractivity contribution in [2.75, 3.05) is 7.11 Å². The molecule has 0 amide bonds. The van der Waals surface area contributed by atoms with Crippen LogP contribution in [0.25, 0.3) is 10.9 Å². The van der Waals surface area contributed by atoms with Gasteiger partial charge in [0.1, 0.15) is 11.9 Å². The lowest BCUT2D eigenvalue weighted by Crippen LogP contribution is -2.39. The number of halogens is 3. The molecule has 4 rings (SSSR count). The molecule has 2 saturated carbocycles. The zero-order chi connectivity index (χ0) is 22.9. The summed E-state index contributed by atoms with van der Waals surface area (Å²) in [6.07, 6.45) is 3.05. The monoisotopic (exact) mass is 453 g/mol. The van der Waals surface area contributed by atoms with E-state index >= 15 is 0 Å². The van der Waals surface area contributed by atoms with Crippen molar-refractivity contribution >= 4 is 10.9 Å². The zero-order valence-electron chi connectivity index (χ0n) is 18.4. The Labute approximate surface area is 185 Å². The van der Waals surface area contributed by atoms with Gasteiger partial charge in [-0.3, -0.25) is 0 Å². The van der Waals surface area contributed by atoms with Crippen molar-refractivity contribution < 1.29 is 27.8 Å². The number of pyridine rings is 1. The minimum atomic E-state index is -4.21. The average Bonchev–Trinajstić information content (AvgIpc) is 2.69. The number of methoxy groups -OCH3 is 1. The van der Waals surface area contributed by atoms with E-state index in [1.807, 2.05) is 0 Å². The highest BCUT2D eigenvalue weighted by Crippen LogP contribution is 2.38. The molecular weight excluding hydrogens is 423 g/mol. The molecule has 0 bridgehead atoms. The molecule has 0 aliphatic heterocycles. The number of aliphatic hydroxyl groups excluding tert-OH is 1. The standard InChI is InChI=1S/C23H30F3N3O3/c1-13(10-23(24,25)26)7-20-27-12-19-21(29-20)18(14-3-5-15(30)6-4-14)11-28-22(19)32-17-8-16(9-17)31-2/h11-17,30H,3-10H2,1-2H3/t13-,14?,15?,16?,17?/m1/s1. The van der Waals surface area contributed by atoms with Crippen molar-refractivity contribution in [2.24, 2.45) is 5.92 Å². The third-order valence-corrected chi connectivity index (χ3v) is 6.57. The van der Waals surface area contributed by atoms with Crippen molar-refractivity contribution in [1.29, 1.82) is 0 Å². The van der Waals surface area contributed by atoms with E-state index in [4.69, 9.17) is 14.5 Å². The minimum Gasteiger partial charge on any atom is -0.474 e. The molecule has 2 aromatic heterocycles. The normalized spacial score (nSPS) is 27.2. The van der Waals surface area contributed by atoms with Crippen LogP contribution in [0.1, 0.15) is 69.2 Å². The summed E-state index contributed by atoms with van der Waals surface area (Å²) < 4.78 is 49.7. The molecular formula is C23H30F3N3O3. The summed E-state index contributed by atoms with van der Waals surface area (Å²) in [5.74, 6) is 0.430. The van der Waals surface area contributed by atoms with Gasteiger partial charge in [0.25, 0.3) is 0 Å². The quantitative estimate of drug-likeness (QED) is 0.653. The van der Waals surface area contributed by atoms with Gasteiger partial charge in [0.2, 0.25) is 5.88 Å². The summed E-state index contributed by atoms with van der Waals surface area (Å²) in [4.78, 5) is 13.6. The van der Waals surface area contributed by atoms with Crippen molar-refractivity contribution in [3.05, 3.63) is 23.8 Å². The molecule has 0 spiro atoms. The Morgan fingerprint density at radius 1 is 1.09 bits per heavy atom. The van der Waals surface area contributed by atoms with E-state index in [-0.39, 0.29) is 30.7 Å². The molecule has 1 atom stereocenters. The van der Waals surface area contributed by atoms with Crippen LogP contribution in [0.15, 0.2) is 12.4 Å². The van der Waals surface area contributed by atoms with Crippen LogP contribution in [0.5, 0.6) is 5.88 Å². The van der Waals surface area contributed by atoms with Gasteiger partial charge in [-0.1, -0.05) is 6.92 Å². The van der Waals surface area contributed by atoms with Gasteiger partial charge in [-0.15, -0.1) is 0 Å². The summed E-state index contributed by atoms with van der Waals surface area (Å²) in [7, 11) is 1.68. The average molecular weight is 454 g/mol. The van der Waals surface area contributed by atoms with Crippen LogP contribution in [0.3, 0.4) is 0 Å². The fourth-order valence-corrected chi connectivity index (χ4v) is 4.67. The molecule has 2 fully saturated rings.